The molecule has 156 valence electrons. The fourth-order valence-corrected chi connectivity index (χ4v) is 3.57. The van der Waals surface area contributed by atoms with E-state index in [1.807, 2.05) is 18.2 Å². The fourth-order valence-electron chi connectivity index (χ4n) is 3.57. The second kappa shape index (κ2) is 18.3. The largest absolute Gasteiger partial charge is 0.508 e. The summed E-state index contributed by atoms with van der Waals surface area (Å²) in [4.78, 5) is 0. The van der Waals surface area contributed by atoms with Crippen LogP contribution in [0.1, 0.15) is 115 Å². The summed E-state index contributed by atoms with van der Waals surface area (Å²) < 4.78 is 5.66. The highest BCUT2D eigenvalue weighted by atomic mass is 16.5. The summed E-state index contributed by atoms with van der Waals surface area (Å²) in [5, 5.41) is 9.67. The molecule has 0 fully saturated rings. The van der Waals surface area contributed by atoms with Crippen LogP contribution in [0.4, 0.5) is 0 Å². The van der Waals surface area contributed by atoms with Crippen molar-refractivity contribution < 1.29 is 9.84 Å². The molecule has 2 nitrogen and oxygen atoms in total. The molecule has 0 heterocycles. The Kier molecular flexibility index (Phi) is 16.3. The van der Waals surface area contributed by atoms with Crippen molar-refractivity contribution in [1.29, 1.82) is 0 Å². The Morgan fingerprint density at radius 1 is 0.630 bits per heavy atom. The van der Waals surface area contributed by atoms with Crippen LogP contribution in [0.3, 0.4) is 0 Å². The van der Waals surface area contributed by atoms with Crippen molar-refractivity contribution in [2.24, 2.45) is 0 Å². The molecule has 1 N–H and O–H groups in total. The van der Waals surface area contributed by atoms with Gasteiger partial charge in [-0.1, -0.05) is 121 Å². The highest BCUT2D eigenvalue weighted by molar-refractivity contribution is 5.30. The van der Waals surface area contributed by atoms with E-state index in [1.165, 1.54) is 96.3 Å². The number of hydrogen-bond acceptors (Lipinski definition) is 2. The predicted octanol–water partition coefficient (Wildman–Crippen LogP) is 8.17. The molecule has 0 radical (unpaired) electrons. The van der Waals surface area contributed by atoms with Crippen molar-refractivity contribution in [3.05, 3.63) is 29.8 Å². The van der Waals surface area contributed by atoms with Crippen molar-refractivity contribution in [1.82, 2.24) is 0 Å². The molecule has 2 heteroatoms. The zero-order valence-electron chi connectivity index (χ0n) is 17.9. The summed E-state index contributed by atoms with van der Waals surface area (Å²) in [6.07, 6.45) is 22.3. The van der Waals surface area contributed by atoms with Gasteiger partial charge in [0, 0.05) is 12.2 Å². The summed E-state index contributed by atoms with van der Waals surface area (Å²) >= 11 is 0. The molecule has 0 spiro atoms. The first-order valence-electron chi connectivity index (χ1n) is 11.7. The van der Waals surface area contributed by atoms with Crippen molar-refractivity contribution in [3.63, 3.8) is 0 Å². The second-order valence-electron chi connectivity index (χ2n) is 7.98. The molecule has 0 unspecified atom stereocenters. The number of aromatic hydroxyl groups is 1. The monoisotopic (exact) mass is 376 g/mol. The maximum absolute atomic E-state index is 9.67. The maximum Gasteiger partial charge on any atom is 0.121 e. The standard InChI is InChI=1S/C25H44O2/c1-2-3-4-5-6-7-8-9-10-11-12-13-14-15-16-19-22-27-23-24-20-17-18-21-25(24)26/h17-18,20-21,26H,2-16,19,22-23H2,1H3. The Hall–Kier alpha value is -1.02. The van der Waals surface area contributed by atoms with E-state index in [0.717, 1.165) is 18.6 Å². The van der Waals surface area contributed by atoms with Crippen LogP contribution in [0.25, 0.3) is 0 Å². The fraction of sp³-hybridized carbons (Fsp3) is 0.760. The first-order chi connectivity index (χ1) is 13.3. The number of para-hydroxylation sites is 1. The minimum Gasteiger partial charge on any atom is -0.508 e. The Labute approximate surface area is 168 Å². The molecule has 0 aliphatic heterocycles. The van der Waals surface area contributed by atoms with E-state index in [2.05, 4.69) is 6.92 Å². The third kappa shape index (κ3) is 14.7. The Bertz CT molecular complexity index is 430. The Morgan fingerprint density at radius 2 is 1.07 bits per heavy atom. The zero-order chi connectivity index (χ0) is 19.4. The topological polar surface area (TPSA) is 29.5 Å². The molecular weight excluding hydrogens is 332 g/mol. The molecule has 0 atom stereocenters. The van der Waals surface area contributed by atoms with Gasteiger partial charge in [-0.3, -0.25) is 0 Å². The van der Waals surface area contributed by atoms with Gasteiger partial charge in [0.1, 0.15) is 5.75 Å². The van der Waals surface area contributed by atoms with Crippen LogP contribution in [-0.4, -0.2) is 11.7 Å². The molecular formula is C25H44O2. The molecule has 0 aliphatic rings. The highest BCUT2D eigenvalue weighted by Gasteiger charge is 1.99. The van der Waals surface area contributed by atoms with E-state index in [0.29, 0.717) is 12.4 Å². The maximum atomic E-state index is 9.67. The molecule has 0 saturated carbocycles. The van der Waals surface area contributed by atoms with Crippen LogP contribution in [-0.2, 0) is 11.3 Å². The number of phenols is 1. The first kappa shape index (κ1) is 24.0. The van der Waals surface area contributed by atoms with Crippen molar-refractivity contribution in [3.8, 4) is 5.75 Å². The van der Waals surface area contributed by atoms with Crippen LogP contribution in [0, 0.1) is 0 Å². The molecule has 0 aromatic heterocycles. The van der Waals surface area contributed by atoms with Gasteiger partial charge >= 0.3 is 0 Å². The highest BCUT2D eigenvalue weighted by Crippen LogP contribution is 2.17. The quantitative estimate of drug-likeness (QED) is 0.247. The molecule has 0 bridgehead atoms. The van der Waals surface area contributed by atoms with Gasteiger partial charge in [-0.05, 0) is 12.5 Å². The lowest BCUT2D eigenvalue weighted by Crippen LogP contribution is -1.96. The zero-order valence-corrected chi connectivity index (χ0v) is 17.9. The van der Waals surface area contributed by atoms with Crippen LogP contribution >= 0.6 is 0 Å². The third-order valence-corrected chi connectivity index (χ3v) is 5.39. The summed E-state index contributed by atoms with van der Waals surface area (Å²) in [6, 6.07) is 7.41. The van der Waals surface area contributed by atoms with Crippen molar-refractivity contribution in [2.75, 3.05) is 6.61 Å². The van der Waals surface area contributed by atoms with Gasteiger partial charge in [0.2, 0.25) is 0 Å². The van der Waals surface area contributed by atoms with Crippen LogP contribution in [0.2, 0.25) is 0 Å². The number of benzene rings is 1. The van der Waals surface area contributed by atoms with Gasteiger partial charge in [0.25, 0.3) is 0 Å². The molecule has 1 aromatic rings. The summed E-state index contributed by atoms with van der Waals surface area (Å²) in [7, 11) is 0. The lowest BCUT2D eigenvalue weighted by molar-refractivity contribution is 0.115. The average molecular weight is 377 g/mol. The SMILES string of the molecule is CCCCCCCCCCCCCCCCCCOCc1ccccc1O. The van der Waals surface area contributed by atoms with E-state index in [1.54, 1.807) is 6.07 Å². The Balaban J connectivity index is 1.73. The van der Waals surface area contributed by atoms with Gasteiger partial charge in [-0.15, -0.1) is 0 Å². The van der Waals surface area contributed by atoms with Gasteiger partial charge in [-0.2, -0.15) is 0 Å². The minimum atomic E-state index is 0.337. The normalized spacial score (nSPS) is 11.1. The van der Waals surface area contributed by atoms with Crippen molar-refractivity contribution >= 4 is 0 Å². The number of unbranched alkanes of at least 4 members (excludes halogenated alkanes) is 15. The molecule has 0 saturated heterocycles. The third-order valence-electron chi connectivity index (χ3n) is 5.39. The summed E-state index contributed by atoms with van der Waals surface area (Å²) in [5.74, 6) is 0.337. The number of hydrogen-bond donors (Lipinski definition) is 1. The van der Waals surface area contributed by atoms with Gasteiger partial charge in [0.15, 0.2) is 0 Å². The number of ether oxygens (including phenoxy) is 1. The van der Waals surface area contributed by atoms with E-state index in [-0.39, 0.29) is 0 Å². The first-order valence-corrected chi connectivity index (χ1v) is 11.7. The van der Waals surface area contributed by atoms with E-state index >= 15 is 0 Å². The van der Waals surface area contributed by atoms with Gasteiger partial charge in [-0.25, -0.2) is 0 Å². The lowest BCUT2D eigenvalue weighted by Gasteiger charge is -2.06. The Morgan fingerprint density at radius 3 is 1.56 bits per heavy atom. The lowest BCUT2D eigenvalue weighted by atomic mass is 10.0. The smallest absolute Gasteiger partial charge is 0.121 e. The summed E-state index contributed by atoms with van der Waals surface area (Å²) in [6.45, 7) is 3.60. The molecule has 1 aromatic carbocycles. The van der Waals surface area contributed by atoms with E-state index in [4.69, 9.17) is 4.74 Å². The van der Waals surface area contributed by atoms with Crippen molar-refractivity contribution in [2.45, 2.75) is 116 Å². The number of rotatable bonds is 19. The average Bonchev–Trinajstić information content (AvgIpc) is 2.68. The second-order valence-corrected chi connectivity index (χ2v) is 7.98. The summed E-state index contributed by atoms with van der Waals surface area (Å²) in [5.41, 5.74) is 0.883. The van der Waals surface area contributed by atoms with Gasteiger partial charge in [0.05, 0.1) is 6.61 Å². The minimum absolute atomic E-state index is 0.337. The predicted molar refractivity (Wildman–Crippen MR) is 117 cm³/mol. The molecule has 27 heavy (non-hydrogen) atoms. The molecule has 0 aliphatic carbocycles. The number of phenolic OH excluding ortho intramolecular Hbond substituents is 1. The molecule has 1 rings (SSSR count). The van der Waals surface area contributed by atoms with Gasteiger partial charge < -0.3 is 9.84 Å². The van der Waals surface area contributed by atoms with Crippen LogP contribution in [0.15, 0.2) is 24.3 Å². The molecule has 0 amide bonds. The van der Waals surface area contributed by atoms with E-state index in [9.17, 15) is 5.11 Å². The van der Waals surface area contributed by atoms with Crippen LogP contribution < -0.4 is 0 Å². The van der Waals surface area contributed by atoms with E-state index < -0.39 is 0 Å². The van der Waals surface area contributed by atoms with Crippen LogP contribution in [0.5, 0.6) is 5.75 Å².